The van der Waals surface area contributed by atoms with Crippen LogP contribution in [0.4, 0.5) is 0 Å². The van der Waals surface area contributed by atoms with Gasteiger partial charge in [0.05, 0.1) is 13.1 Å². The zero-order chi connectivity index (χ0) is 35.1. The highest BCUT2D eigenvalue weighted by atomic mass is 15.1. The summed E-state index contributed by atoms with van der Waals surface area (Å²) in [4.78, 5) is 0. The number of unbranched alkanes of at least 4 members (excludes halogenated alkanes) is 35. The zero-order valence-electron chi connectivity index (χ0n) is 34.5. The van der Waals surface area contributed by atoms with Gasteiger partial charge in [0, 0.05) is 6.42 Å². The van der Waals surface area contributed by atoms with Gasteiger partial charge in [-0.25, -0.2) is 9.13 Å². The molecule has 2 nitrogen and oxygen atoms in total. The van der Waals surface area contributed by atoms with E-state index in [1.165, 1.54) is 264 Å². The Labute approximate surface area is 310 Å². The third-order valence-electron chi connectivity index (χ3n) is 11.3. The number of rotatable bonds is 41. The van der Waals surface area contributed by atoms with Crippen LogP contribution in [0.1, 0.15) is 271 Å². The minimum atomic E-state index is 1.23. The lowest BCUT2D eigenvalue weighted by Crippen LogP contribution is -2.37. The fourth-order valence-electron chi connectivity index (χ4n) is 7.92. The van der Waals surface area contributed by atoms with Crippen molar-refractivity contribution in [2.24, 2.45) is 0 Å². The smallest absolute Gasteiger partial charge is 0.234 e. The second-order valence-corrected chi connectivity index (χ2v) is 16.2. The summed E-state index contributed by atoms with van der Waals surface area (Å²) in [7, 11) is 0. The van der Waals surface area contributed by atoms with Crippen LogP contribution in [0.15, 0.2) is 12.4 Å². The van der Waals surface area contributed by atoms with Crippen LogP contribution in [-0.2, 0) is 19.5 Å². The first-order chi connectivity index (χ1) is 24.3. The molecular weight excluding hydrogens is 593 g/mol. The SMILES string of the molecule is CCCCCCCCCCCCCCCCCCCn1cc[n+](CCCCCCCCCCCCC)c1CCCCCCCCCCCC. The van der Waals surface area contributed by atoms with E-state index in [2.05, 4.69) is 42.3 Å². The van der Waals surface area contributed by atoms with Gasteiger partial charge in [-0.1, -0.05) is 233 Å². The fourth-order valence-corrected chi connectivity index (χ4v) is 7.92. The normalized spacial score (nSPS) is 11.7. The van der Waals surface area contributed by atoms with Gasteiger partial charge in [-0.05, 0) is 32.1 Å². The highest BCUT2D eigenvalue weighted by Crippen LogP contribution is 2.16. The molecule has 1 aromatic rings. The Morgan fingerprint density at radius 3 is 0.980 bits per heavy atom. The highest BCUT2D eigenvalue weighted by Gasteiger charge is 2.16. The van der Waals surface area contributed by atoms with Gasteiger partial charge in [-0.2, -0.15) is 0 Å². The van der Waals surface area contributed by atoms with Crippen molar-refractivity contribution in [1.82, 2.24) is 4.57 Å². The first-order valence-electron chi connectivity index (χ1n) is 23.4. The monoisotopic (exact) mass is 686 g/mol. The quantitative estimate of drug-likeness (QED) is 0.0479. The standard InChI is InChI=1S/C47H93N2/c1-4-7-10-13-16-19-22-23-24-25-26-27-29-32-35-38-41-44-49-46-45-48(43-40-37-34-31-28-20-17-14-11-8-5-2)47(49)42-39-36-33-30-21-18-15-12-9-6-3/h45-46H,4-44H2,1-3H3/q+1. The third kappa shape index (κ3) is 30.5. The average Bonchev–Trinajstić information content (AvgIpc) is 3.50. The summed E-state index contributed by atoms with van der Waals surface area (Å²) >= 11 is 0. The molecule has 49 heavy (non-hydrogen) atoms. The van der Waals surface area contributed by atoms with Gasteiger partial charge in [0.15, 0.2) is 0 Å². The highest BCUT2D eigenvalue weighted by molar-refractivity contribution is 4.84. The van der Waals surface area contributed by atoms with Crippen molar-refractivity contribution in [3.05, 3.63) is 18.2 Å². The molecule has 1 heterocycles. The van der Waals surface area contributed by atoms with E-state index in [1.54, 1.807) is 5.82 Å². The molecule has 0 saturated heterocycles. The average molecular weight is 686 g/mol. The van der Waals surface area contributed by atoms with Gasteiger partial charge >= 0.3 is 0 Å². The Bertz CT molecular complexity index is 751. The van der Waals surface area contributed by atoms with E-state index in [-0.39, 0.29) is 0 Å². The Morgan fingerprint density at radius 1 is 0.347 bits per heavy atom. The maximum Gasteiger partial charge on any atom is 0.256 e. The number of hydrogen-bond donors (Lipinski definition) is 0. The first kappa shape index (κ1) is 46.2. The molecule has 0 saturated carbocycles. The van der Waals surface area contributed by atoms with Crippen LogP contribution in [0.2, 0.25) is 0 Å². The molecule has 0 fully saturated rings. The van der Waals surface area contributed by atoms with Gasteiger partial charge < -0.3 is 0 Å². The molecule has 0 aromatic carbocycles. The molecule has 0 radical (unpaired) electrons. The molecule has 0 N–H and O–H groups in total. The molecule has 2 heteroatoms. The Morgan fingerprint density at radius 2 is 0.633 bits per heavy atom. The molecule has 0 aliphatic carbocycles. The molecule has 0 bridgehead atoms. The largest absolute Gasteiger partial charge is 0.256 e. The summed E-state index contributed by atoms with van der Waals surface area (Å²) in [6.45, 7) is 9.41. The number of nitrogens with zero attached hydrogens (tertiary/aromatic N) is 2. The van der Waals surface area contributed by atoms with Gasteiger partial charge in [0.2, 0.25) is 0 Å². The van der Waals surface area contributed by atoms with Crippen LogP contribution in [0.3, 0.4) is 0 Å². The lowest BCUT2D eigenvalue weighted by atomic mass is 10.0. The topological polar surface area (TPSA) is 8.81 Å². The van der Waals surface area contributed by atoms with Crippen molar-refractivity contribution in [2.75, 3.05) is 0 Å². The lowest BCUT2D eigenvalue weighted by Gasteiger charge is -2.07. The first-order valence-corrected chi connectivity index (χ1v) is 23.4. The minimum Gasteiger partial charge on any atom is -0.234 e. The van der Waals surface area contributed by atoms with Gasteiger partial charge in [-0.15, -0.1) is 0 Å². The van der Waals surface area contributed by atoms with Crippen LogP contribution in [-0.4, -0.2) is 4.57 Å². The molecule has 0 aliphatic heterocycles. The van der Waals surface area contributed by atoms with Crippen LogP contribution >= 0.6 is 0 Å². The van der Waals surface area contributed by atoms with Gasteiger partial charge in [-0.3, -0.25) is 0 Å². The zero-order valence-corrected chi connectivity index (χ0v) is 34.5. The number of aryl methyl sites for hydroxylation is 2. The summed E-state index contributed by atoms with van der Waals surface area (Å²) in [5.74, 6) is 1.63. The Hall–Kier alpha value is -0.790. The molecule has 1 aromatic heterocycles. The van der Waals surface area contributed by atoms with E-state index >= 15 is 0 Å². The van der Waals surface area contributed by atoms with E-state index in [0.717, 1.165) is 0 Å². The van der Waals surface area contributed by atoms with Crippen LogP contribution in [0.25, 0.3) is 0 Å². The van der Waals surface area contributed by atoms with Crippen molar-refractivity contribution in [2.45, 2.75) is 284 Å². The summed E-state index contributed by atoms with van der Waals surface area (Å²) in [6, 6.07) is 0. The summed E-state index contributed by atoms with van der Waals surface area (Å²) < 4.78 is 5.30. The molecule has 0 unspecified atom stereocenters. The lowest BCUT2D eigenvalue weighted by molar-refractivity contribution is -0.704. The molecule has 290 valence electrons. The van der Waals surface area contributed by atoms with Crippen molar-refractivity contribution >= 4 is 0 Å². The second kappa shape index (κ2) is 38.4. The van der Waals surface area contributed by atoms with Crippen LogP contribution in [0.5, 0.6) is 0 Å². The molecule has 0 amide bonds. The minimum absolute atomic E-state index is 1.23. The summed E-state index contributed by atoms with van der Waals surface area (Å²) in [5, 5.41) is 0. The molecule has 0 spiro atoms. The molecule has 0 atom stereocenters. The van der Waals surface area contributed by atoms with E-state index in [4.69, 9.17) is 0 Å². The van der Waals surface area contributed by atoms with Crippen molar-refractivity contribution < 1.29 is 4.57 Å². The molecule has 1 rings (SSSR count). The second-order valence-electron chi connectivity index (χ2n) is 16.2. The molecule has 0 aliphatic rings. The van der Waals surface area contributed by atoms with Gasteiger partial charge in [0.25, 0.3) is 5.82 Å². The summed E-state index contributed by atoms with van der Waals surface area (Å²) in [6.07, 6.45) is 60.8. The van der Waals surface area contributed by atoms with Crippen LogP contribution < -0.4 is 4.57 Å². The summed E-state index contributed by atoms with van der Waals surface area (Å²) in [5.41, 5.74) is 0. The fraction of sp³-hybridized carbons (Fsp3) is 0.936. The maximum absolute atomic E-state index is 2.65. The van der Waals surface area contributed by atoms with Crippen molar-refractivity contribution in [1.29, 1.82) is 0 Å². The predicted molar refractivity (Wildman–Crippen MR) is 221 cm³/mol. The number of hydrogen-bond acceptors (Lipinski definition) is 0. The van der Waals surface area contributed by atoms with Crippen molar-refractivity contribution in [3.8, 4) is 0 Å². The van der Waals surface area contributed by atoms with Crippen LogP contribution in [0, 0.1) is 0 Å². The predicted octanol–water partition coefficient (Wildman–Crippen LogP) is 16.2. The van der Waals surface area contributed by atoms with E-state index in [0.29, 0.717) is 0 Å². The Balaban J connectivity index is 2.23. The number of imidazole rings is 1. The van der Waals surface area contributed by atoms with E-state index in [1.807, 2.05) is 0 Å². The third-order valence-corrected chi connectivity index (χ3v) is 11.3. The molecular formula is C47H93N2+. The van der Waals surface area contributed by atoms with E-state index < -0.39 is 0 Å². The van der Waals surface area contributed by atoms with Gasteiger partial charge in [0.1, 0.15) is 12.4 Å². The number of aromatic nitrogens is 2. The maximum atomic E-state index is 2.65. The van der Waals surface area contributed by atoms with E-state index in [9.17, 15) is 0 Å². The van der Waals surface area contributed by atoms with Crippen molar-refractivity contribution in [3.63, 3.8) is 0 Å². The Kier molecular flexibility index (Phi) is 36.3.